The molecule has 1 aliphatic carbocycles. The fourth-order valence-corrected chi connectivity index (χ4v) is 2.16. The summed E-state index contributed by atoms with van der Waals surface area (Å²) in [4.78, 5) is 11.5. The number of hydrogen-bond donors (Lipinski definition) is 0. The third-order valence-electron chi connectivity index (χ3n) is 2.93. The SMILES string of the molecule is COCC(=O)O[C@]1(C#N)CCc2ccccc21. The highest BCUT2D eigenvalue weighted by molar-refractivity contribution is 5.72. The van der Waals surface area contributed by atoms with E-state index in [9.17, 15) is 10.1 Å². The van der Waals surface area contributed by atoms with E-state index in [1.54, 1.807) is 0 Å². The van der Waals surface area contributed by atoms with Gasteiger partial charge >= 0.3 is 5.97 Å². The molecule has 0 fully saturated rings. The normalized spacial score (nSPS) is 21.6. The van der Waals surface area contributed by atoms with Gasteiger partial charge in [0.15, 0.2) is 0 Å². The Labute approximate surface area is 99.8 Å². The van der Waals surface area contributed by atoms with Crippen LogP contribution in [0.25, 0.3) is 0 Å². The van der Waals surface area contributed by atoms with Crippen LogP contribution in [0, 0.1) is 11.3 Å². The average Bonchev–Trinajstić information content (AvgIpc) is 2.70. The minimum atomic E-state index is -1.13. The summed E-state index contributed by atoms with van der Waals surface area (Å²) in [6.07, 6.45) is 1.27. The highest BCUT2D eigenvalue weighted by Crippen LogP contribution is 2.39. The van der Waals surface area contributed by atoms with Crippen LogP contribution in [-0.2, 0) is 26.3 Å². The zero-order valence-corrected chi connectivity index (χ0v) is 9.60. The summed E-state index contributed by atoms with van der Waals surface area (Å²) in [5.74, 6) is -0.509. The van der Waals surface area contributed by atoms with E-state index in [4.69, 9.17) is 9.47 Å². The number of aryl methyl sites for hydroxylation is 1. The summed E-state index contributed by atoms with van der Waals surface area (Å²) in [6.45, 7) is -0.133. The fourth-order valence-electron chi connectivity index (χ4n) is 2.16. The predicted molar refractivity (Wildman–Crippen MR) is 60.0 cm³/mol. The van der Waals surface area contributed by atoms with E-state index in [1.807, 2.05) is 24.3 Å². The van der Waals surface area contributed by atoms with Crippen molar-refractivity contribution < 1.29 is 14.3 Å². The van der Waals surface area contributed by atoms with E-state index >= 15 is 0 Å². The first-order valence-corrected chi connectivity index (χ1v) is 5.42. The van der Waals surface area contributed by atoms with Gasteiger partial charge in [-0.1, -0.05) is 24.3 Å². The molecule has 0 spiro atoms. The molecule has 0 N–H and O–H groups in total. The Kier molecular flexibility index (Phi) is 3.12. The van der Waals surface area contributed by atoms with Gasteiger partial charge in [-0.2, -0.15) is 5.26 Å². The molecule has 17 heavy (non-hydrogen) atoms. The second kappa shape index (κ2) is 4.56. The Hall–Kier alpha value is -1.86. The molecule has 0 aliphatic heterocycles. The van der Waals surface area contributed by atoms with E-state index in [1.165, 1.54) is 7.11 Å². The van der Waals surface area contributed by atoms with E-state index in [-0.39, 0.29) is 6.61 Å². The third kappa shape index (κ3) is 2.02. The van der Waals surface area contributed by atoms with Crippen LogP contribution >= 0.6 is 0 Å². The Morgan fingerprint density at radius 2 is 2.29 bits per heavy atom. The average molecular weight is 231 g/mol. The second-order valence-corrected chi connectivity index (χ2v) is 4.00. The fraction of sp³-hybridized carbons (Fsp3) is 0.385. The first-order valence-electron chi connectivity index (χ1n) is 5.42. The van der Waals surface area contributed by atoms with Gasteiger partial charge in [0, 0.05) is 19.1 Å². The van der Waals surface area contributed by atoms with Crippen LogP contribution in [0.1, 0.15) is 17.5 Å². The maximum Gasteiger partial charge on any atom is 0.333 e. The molecule has 88 valence electrons. The summed E-state index contributed by atoms with van der Waals surface area (Å²) in [6, 6.07) is 9.69. The monoisotopic (exact) mass is 231 g/mol. The van der Waals surface area contributed by atoms with Gasteiger partial charge in [-0.3, -0.25) is 0 Å². The molecule has 0 radical (unpaired) electrons. The van der Waals surface area contributed by atoms with E-state index in [0.717, 1.165) is 17.5 Å². The number of hydrogen-bond acceptors (Lipinski definition) is 4. The van der Waals surface area contributed by atoms with Crippen molar-refractivity contribution in [3.8, 4) is 6.07 Å². The lowest BCUT2D eigenvalue weighted by atomic mass is 9.97. The van der Waals surface area contributed by atoms with E-state index in [0.29, 0.717) is 6.42 Å². The molecule has 0 heterocycles. The highest BCUT2D eigenvalue weighted by Gasteiger charge is 2.42. The molecule has 0 unspecified atom stereocenters. The van der Waals surface area contributed by atoms with E-state index < -0.39 is 11.6 Å². The first-order chi connectivity index (χ1) is 8.22. The first kappa shape index (κ1) is 11.6. The van der Waals surface area contributed by atoms with Crippen molar-refractivity contribution in [2.75, 3.05) is 13.7 Å². The van der Waals surface area contributed by atoms with Crippen LogP contribution in [0.15, 0.2) is 24.3 Å². The van der Waals surface area contributed by atoms with Crippen molar-refractivity contribution in [3.63, 3.8) is 0 Å². The van der Waals surface area contributed by atoms with Gasteiger partial charge in [0.05, 0.1) is 0 Å². The van der Waals surface area contributed by atoms with Crippen molar-refractivity contribution in [1.82, 2.24) is 0 Å². The number of nitriles is 1. The lowest BCUT2D eigenvalue weighted by Gasteiger charge is -2.22. The molecule has 0 bridgehead atoms. The lowest BCUT2D eigenvalue weighted by Crippen LogP contribution is -2.30. The van der Waals surface area contributed by atoms with Crippen molar-refractivity contribution in [2.24, 2.45) is 0 Å². The number of benzene rings is 1. The molecule has 4 nitrogen and oxygen atoms in total. The van der Waals surface area contributed by atoms with Crippen LogP contribution in [-0.4, -0.2) is 19.7 Å². The Morgan fingerprint density at radius 3 is 3.00 bits per heavy atom. The standard InChI is InChI=1S/C13H13NO3/c1-16-8-12(15)17-13(9-14)7-6-10-4-2-3-5-11(10)13/h2-5H,6-8H2,1H3/t13-/m0/s1. The highest BCUT2D eigenvalue weighted by atomic mass is 16.6. The Bertz CT molecular complexity index is 478. The molecular formula is C13H13NO3. The number of fused-ring (bicyclic) bond motifs is 1. The number of carbonyl (C=O) groups is 1. The van der Waals surface area contributed by atoms with Crippen molar-refractivity contribution in [3.05, 3.63) is 35.4 Å². The molecule has 1 aromatic carbocycles. The molecule has 1 aromatic rings. The van der Waals surface area contributed by atoms with Gasteiger partial charge in [-0.25, -0.2) is 4.79 Å². The molecular weight excluding hydrogens is 218 g/mol. The van der Waals surface area contributed by atoms with Gasteiger partial charge in [-0.05, 0) is 12.0 Å². The van der Waals surface area contributed by atoms with Gasteiger partial charge in [0.1, 0.15) is 12.7 Å². The van der Waals surface area contributed by atoms with Crippen LogP contribution in [0.4, 0.5) is 0 Å². The summed E-state index contributed by atoms with van der Waals surface area (Å²) in [5.41, 5.74) is 0.734. The third-order valence-corrected chi connectivity index (χ3v) is 2.93. The van der Waals surface area contributed by atoms with Crippen LogP contribution in [0.5, 0.6) is 0 Å². The maximum absolute atomic E-state index is 11.5. The lowest BCUT2D eigenvalue weighted by molar-refractivity contribution is -0.159. The van der Waals surface area contributed by atoms with E-state index in [2.05, 4.69) is 6.07 Å². The number of rotatable bonds is 3. The number of esters is 1. The summed E-state index contributed by atoms with van der Waals surface area (Å²) >= 11 is 0. The molecule has 0 amide bonds. The zero-order valence-electron chi connectivity index (χ0n) is 9.60. The number of nitrogens with zero attached hydrogens (tertiary/aromatic N) is 1. The van der Waals surface area contributed by atoms with Gasteiger partial charge < -0.3 is 9.47 Å². The Balaban J connectivity index is 2.29. The minimum Gasteiger partial charge on any atom is -0.437 e. The van der Waals surface area contributed by atoms with Gasteiger partial charge in [-0.15, -0.1) is 0 Å². The molecule has 0 aromatic heterocycles. The molecule has 2 rings (SSSR count). The zero-order chi connectivity index (χ0) is 12.3. The van der Waals surface area contributed by atoms with Crippen molar-refractivity contribution >= 4 is 5.97 Å². The van der Waals surface area contributed by atoms with Crippen LogP contribution in [0.3, 0.4) is 0 Å². The topological polar surface area (TPSA) is 59.3 Å². The quantitative estimate of drug-likeness (QED) is 0.740. The molecule has 1 aliphatic rings. The number of methoxy groups -OCH3 is 1. The molecule has 4 heteroatoms. The smallest absolute Gasteiger partial charge is 0.333 e. The van der Waals surface area contributed by atoms with Crippen LogP contribution in [0.2, 0.25) is 0 Å². The number of ether oxygens (including phenoxy) is 2. The summed E-state index contributed by atoms with van der Waals surface area (Å²) < 4.78 is 10.00. The Morgan fingerprint density at radius 1 is 1.53 bits per heavy atom. The molecule has 0 saturated heterocycles. The van der Waals surface area contributed by atoms with Crippen molar-refractivity contribution in [1.29, 1.82) is 5.26 Å². The largest absolute Gasteiger partial charge is 0.437 e. The van der Waals surface area contributed by atoms with Gasteiger partial charge in [0.2, 0.25) is 5.60 Å². The second-order valence-electron chi connectivity index (χ2n) is 4.00. The summed E-state index contributed by atoms with van der Waals surface area (Å²) in [7, 11) is 1.42. The predicted octanol–water partition coefficient (Wildman–Crippen LogP) is 1.54. The minimum absolute atomic E-state index is 0.133. The van der Waals surface area contributed by atoms with Crippen molar-refractivity contribution in [2.45, 2.75) is 18.4 Å². The number of carbonyl (C=O) groups excluding carboxylic acids is 1. The maximum atomic E-state index is 11.5. The van der Waals surface area contributed by atoms with Gasteiger partial charge in [0.25, 0.3) is 0 Å². The summed E-state index contributed by atoms with van der Waals surface area (Å²) in [5, 5.41) is 9.31. The van der Waals surface area contributed by atoms with Crippen LogP contribution < -0.4 is 0 Å². The molecule has 1 atom stereocenters. The molecule has 0 saturated carbocycles.